The third-order valence-electron chi connectivity index (χ3n) is 6.04. The number of hydrogen-bond donors (Lipinski definition) is 1. The summed E-state index contributed by atoms with van der Waals surface area (Å²) in [5.41, 5.74) is 4.15. The summed E-state index contributed by atoms with van der Waals surface area (Å²) < 4.78 is 0. The minimum atomic E-state index is 0.227. The van der Waals surface area contributed by atoms with Crippen molar-refractivity contribution in [3.8, 4) is 0 Å². The third kappa shape index (κ3) is 1.28. The molecule has 1 N–H and O–H groups in total. The van der Waals surface area contributed by atoms with E-state index in [9.17, 15) is 0 Å². The Bertz CT molecular complexity index is 613. The van der Waals surface area contributed by atoms with Crippen molar-refractivity contribution in [3.05, 3.63) is 23.8 Å². The van der Waals surface area contributed by atoms with Gasteiger partial charge in [0.15, 0.2) is 0 Å². The van der Waals surface area contributed by atoms with Gasteiger partial charge in [0.1, 0.15) is 0 Å². The summed E-state index contributed by atoms with van der Waals surface area (Å²) in [6.07, 6.45) is 7.01. The summed E-state index contributed by atoms with van der Waals surface area (Å²) >= 11 is 0. The second-order valence-corrected chi connectivity index (χ2v) is 7.14. The van der Waals surface area contributed by atoms with Crippen molar-refractivity contribution in [2.24, 2.45) is 16.8 Å². The van der Waals surface area contributed by atoms with Crippen LogP contribution in [0.25, 0.3) is 0 Å². The van der Waals surface area contributed by atoms with Crippen LogP contribution < -0.4 is 10.2 Å². The van der Waals surface area contributed by atoms with E-state index in [1.54, 1.807) is 0 Å². The lowest BCUT2D eigenvalue weighted by atomic mass is 9.60. The van der Waals surface area contributed by atoms with Gasteiger partial charge in [0.25, 0.3) is 0 Å². The van der Waals surface area contributed by atoms with Crippen LogP contribution in [0.3, 0.4) is 0 Å². The highest BCUT2D eigenvalue weighted by Crippen LogP contribution is 2.53. The fourth-order valence-corrected chi connectivity index (χ4v) is 5.00. The van der Waals surface area contributed by atoms with Gasteiger partial charge in [-0.3, -0.25) is 0 Å². The quantitative estimate of drug-likeness (QED) is 0.778. The molecule has 20 heavy (non-hydrogen) atoms. The standard InChI is InChI=1S/C17H21N3/c1-11-3-2-4-14-15(11)18-16-19-17(10-20(14)16)9-12-5-7-13(17)8-6-12/h2-4,12-13H,5-10H2,1H3,(H,18,19)/t12?,13?,17-/m1/s1. The highest BCUT2D eigenvalue weighted by Gasteiger charge is 2.53. The highest BCUT2D eigenvalue weighted by molar-refractivity contribution is 6.16. The van der Waals surface area contributed by atoms with Crippen molar-refractivity contribution in [3.63, 3.8) is 0 Å². The molecule has 3 heteroatoms. The number of guanidine groups is 1. The molecule has 1 spiro atoms. The summed E-state index contributed by atoms with van der Waals surface area (Å²) in [6.45, 7) is 3.28. The molecule has 3 nitrogen and oxygen atoms in total. The van der Waals surface area contributed by atoms with E-state index in [1.807, 2.05) is 0 Å². The predicted octanol–water partition coefficient (Wildman–Crippen LogP) is 3.55. The summed E-state index contributed by atoms with van der Waals surface area (Å²) in [6, 6.07) is 6.57. The van der Waals surface area contributed by atoms with Gasteiger partial charge in [-0.1, -0.05) is 25.0 Å². The first-order chi connectivity index (χ1) is 9.75. The first kappa shape index (κ1) is 11.2. The lowest BCUT2D eigenvalue weighted by Gasteiger charge is -2.48. The predicted molar refractivity (Wildman–Crippen MR) is 82.4 cm³/mol. The smallest absolute Gasteiger partial charge is 0.203 e. The maximum atomic E-state index is 5.21. The van der Waals surface area contributed by atoms with Crippen molar-refractivity contribution in [1.29, 1.82) is 0 Å². The molecule has 3 saturated carbocycles. The number of hydrogen-bond acceptors (Lipinski definition) is 3. The molecule has 6 rings (SSSR count). The average Bonchev–Trinajstić information content (AvgIpc) is 2.96. The number of nitrogens with one attached hydrogen (secondary N) is 1. The monoisotopic (exact) mass is 267 g/mol. The Morgan fingerprint density at radius 3 is 2.85 bits per heavy atom. The summed E-state index contributed by atoms with van der Waals surface area (Å²) in [5, 5.41) is 3.57. The van der Waals surface area contributed by atoms with Gasteiger partial charge in [0.05, 0.1) is 23.5 Å². The van der Waals surface area contributed by atoms with Crippen molar-refractivity contribution in [1.82, 2.24) is 0 Å². The van der Waals surface area contributed by atoms with Gasteiger partial charge in [-0.25, -0.2) is 4.99 Å². The molecule has 1 aromatic carbocycles. The average molecular weight is 267 g/mol. The van der Waals surface area contributed by atoms with Gasteiger partial charge < -0.3 is 10.2 Å². The van der Waals surface area contributed by atoms with E-state index in [4.69, 9.17) is 4.99 Å². The molecule has 0 radical (unpaired) electrons. The summed E-state index contributed by atoms with van der Waals surface area (Å²) in [4.78, 5) is 7.64. The van der Waals surface area contributed by atoms with E-state index < -0.39 is 0 Å². The second kappa shape index (κ2) is 3.57. The Morgan fingerprint density at radius 1 is 1.25 bits per heavy atom. The van der Waals surface area contributed by atoms with Crippen LogP contribution in [0.1, 0.15) is 37.7 Å². The number of para-hydroxylation sites is 1. The van der Waals surface area contributed by atoms with Gasteiger partial charge in [-0.05, 0) is 49.7 Å². The van der Waals surface area contributed by atoms with E-state index >= 15 is 0 Å². The van der Waals surface area contributed by atoms with Crippen LogP contribution >= 0.6 is 0 Å². The second-order valence-electron chi connectivity index (χ2n) is 7.14. The van der Waals surface area contributed by atoms with Crippen LogP contribution in [0.2, 0.25) is 0 Å². The molecule has 104 valence electrons. The molecular weight excluding hydrogens is 246 g/mol. The van der Waals surface area contributed by atoms with E-state index in [-0.39, 0.29) is 5.54 Å². The van der Waals surface area contributed by atoms with E-state index in [0.717, 1.165) is 24.3 Å². The fourth-order valence-electron chi connectivity index (χ4n) is 5.00. The Labute approximate surface area is 120 Å². The van der Waals surface area contributed by atoms with E-state index in [2.05, 4.69) is 35.3 Å². The normalized spacial score (nSPS) is 36.9. The van der Waals surface area contributed by atoms with E-state index in [1.165, 1.54) is 49.0 Å². The lowest BCUT2D eigenvalue weighted by Crippen LogP contribution is -2.49. The van der Waals surface area contributed by atoms with Crippen molar-refractivity contribution < 1.29 is 0 Å². The molecular formula is C17H21N3. The van der Waals surface area contributed by atoms with Crippen molar-refractivity contribution in [2.75, 3.05) is 16.8 Å². The zero-order chi connectivity index (χ0) is 13.3. The number of fused-ring (bicyclic) bond motifs is 5. The van der Waals surface area contributed by atoms with Gasteiger partial charge >= 0.3 is 0 Å². The third-order valence-corrected chi connectivity index (χ3v) is 6.04. The van der Waals surface area contributed by atoms with Crippen LogP contribution in [-0.4, -0.2) is 18.0 Å². The maximum Gasteiger partial charge on any atom is 0.203 e. The largest absolute Gasteiger partial charge is 0.324 e. The van der Waals surface area contributed by atoms with Gasteiger partial charge in [0, 0.05) is 0 Å². The van der Waals surface area contributed by atoms with Gasteiger partial charge in [-0.2, -0.15) is 0 Å². The molecule has 0 aromatic heterocycles. The van der Waals surface area contributed by atoms with E-state index in [0.29, 0.717) is 0 Å². The number of rotatable bonds is 0. The van der Waals surface area contributed by atoms with Gasteiger partial charge in [-0.15, -0.1) is 0 Å². The molecule has 2 heterocycles. The SMILES string of the molecule is Cc1cccc2c1NC1=N[C@]3(CC4CCC3CC4)CN12. The van der Waals surface area contributed by atoms with Crippen LogP contribution in [0.4, 0.5) is 11.4 Å². The summed E-state index contributed by atoms with van der Waals surface area (Å²) in [5.74, 6) is 2.86. The van der Waals surface area contributed by atoms with Crippen LogP contribution in [0, 0.1) is 18.8 Å². The highest BCUT2D eigenvalue weighted by atomic mass is 15.4. The number of aryl methyl sites for hydroxylation is 1. The molecule has 0 amide bonds. The number of anilines is 2. The summed E-state index contributed by atoms with van der Waals surface area (Å²) in [7, 11) is 0. The number of nitrogens with zero attached hydrogens (tertiary/aromatic N) is 2. The van der Waals surface area contributed by atoms with Crippen LogP contribution in [0.15, 0.2) is 23.2 Å². The Kier molecular flexibility index (Phi) is 2.00. The molecule has 5 aliphatic rings. The fraction of sp³-hybridized carbons (Fsp3) is 0.588. The van der Waals surface area contributed by atoms with Crippen LogP contribution in [-0.2, 0) is 0 Å². The molecule has 0 saturated heterocycles. The molecule has 1 atom stereocenters. The zero-order valence-electron chi connectivity index (χ0n) is 12.0. The Hall–Kier alpha value is -1.51. The zero-order valence-corrected chi connectivity index (χ0v) is 12.0. The van der Waals surface area contributed by atoms with Crippen LogP contribution in [0.5, 0.6) is 0 Å². The number of benzene rings is 1. The molecule has 3 aliphatic carbocycles. The number of aliphatic imine (C=N–C) groups is 1. The Morgan fingerprint density at radius 2 is 2.10 bits per heavy atom. The first-order valence-electron chi connectivity index (χ1n) is 7.99. The molecule has 1 aromatic rings. The Balaban J connectivity index is 1.55. The van der Waals surface area contributed by atoms with Crippen molar-refractivity contribution in [2.45, 2.75) is 44.6 Å². The van der Waals surface area contributed by atoms with Crippen molar-refractivity contribution >= 4 is 17.3 Å². The first-order valence-corrected chi connectivity index (χ1v) is 7.99. The molecule has 2 bridgehead atoms. The molecule has 0 unspecified atom stereocenters. The minimum absolute atomic E-state index is 0.227. The maximum absolute atomic E-state index is 5.21. The lowest BCUT2D eigenvalue weighted by molar-refractivity contribution is 0.0830. The minimum Gasteiger partial charge on any atom is -0.324 e. The van der Waals surface area contributed by atoms with Gasteiger partial charge in [0.2, 0.25) is 5.96 Å². The molecule has 3 fully saturated rings. The topological polar surface area (TPSA) is 27.6 Å². The molecule has 2 aliphatic heterocycles.